The van der Waals surface area contributed by atoms with Gasteiger partial charge in [0.1, 0.15) is 6.23 Å². The molecule has 7 heteroatoms. The average Bonchev–Trinajstić information content (AvgIpc) is 2.55. The number of carbonyl (C=O) groups excluding carboxylic acids is 1. The molecule has 2 rings (SSSR count). The molecule has 0 aliphatic carbocycles. The summed E-state index contributed by atoms with van der Waals surface area (Å²) in [6.45, 7) is 4.00. The lowest BCUT2D eigenvalue weighted by atomic mass is 10.1. The van der Waals surface area contributed by atoms with Gasteiger partial charge >= 0.3 is 12.1 Å². The number of aryl methyl sites for hydroxylation is 1. The van der Waals surface area contributed by atoms with Gasteiger partial charge in [0.15, 0.2) is 0 Å². The van der Waals surface area contributed by atoms with Crippen LogP contribution in [0.15, 0.2) is 48.5 Å². The van der Waals surface area contributed by atoms with Gasteiger partial charge in [0.2, 0.25) is 0 Å². The molecule has 0 saturated carbocycles. The van der Waals surface area contributed by atoms with Gasteiger partial charge in [0.25, 0.3) is 0 Å². The summed E-state index contributed by atoms with van der Waals surface area (Å²) in [5.41, 5.74) is 2.53. The van der Waals surface area contributed by atoms with E-state index < -0.39 is 12.1 Å². The molecule has 0 radical (unpaired) electrons. The van der Waals surface area contributed by atoms with Crippen LogP contribution >= 0.6 is 0 Å². The first-order valence-corrected chi connectivity index (χ1v) is 7.66. The van der Waals surface area contributed by atoms with E-state index in [1.807, 2.05) is 42.6 Å². The number of nitrogens with one attached hydrogen (secondary N) is 2. The Labute approximate surface area is 144 Å². The van der Waals surface area contributed by atoms with Crippen molar-refractivity contribution in [2.24, 2.45) is 0 Å². The van der Waals surface area contributed by atoms with Crippen molar-refractivity contribution in [1.82, 2.24) is 0 Å². The van der Waals surface area contributed by atoms with Crippen LogP contribution in [-0.2, 0) is 16.1 Å². The summed E-state index contributed by atoms with van der Waals surface area (Å²) in [6, 6.07) is 14.2. The first-order chi connectivity index (χ1) is 11.8. The Balaban J connectivity index is 1.93. The Morgan fingerprint density at radius 1 is 1.16 bits per heavy atom. The molecule has 25 heavy (non-hydrogen) atoms. The lowest BCUT2D eigenvalue weighted by Gasteiger charge is -2.18. The number of hydrogen-bond acceptors (Lipinski definition) is 3. The van der Waals surface area contributed by atoms with Crippen molar-refractivity contribution in [2.75, 3.05) is 10.6 Å². The van der Waals surface area contributed by atoms with Gasteiger partial charge in [0.05, 0.1) is 6.61 Å². The third kappa shape index (κ3) is 5.79. The van der Waals surface area contributed by atoms with Crippen LogP contribution in [0.2, 0.25) is 0 Å². The van der Waals surface area contributed by atoms with E-state index in [9.17, 15) is 18.0 Å². The van der Waals surface area contributed by atoms with E-state index >= 15 is 0 Å². The number of benzene rings is 2. The fourth-order valence-corrected chi connectivity index (χ4v) is 2.16. The zero-order valence-electron chi connectivity index (χ0n) is 13.9. The molecule has 2 aromatic rings. The molecular formula is C18H19F3N2O2. The first kappa shape index (κ1) is 18.8. The standard InChI is InChI=1S/C18H19F3N2O2/c1-12-10-15(23-17(24)18(19,20)21)8-9-16(12)22-13(2)25-11-14-6-4-3-5-7-14/h3-10,13,22H,11H2,1-2H3,(H,23,24). The molecule has 0 aliphatic rings. The molecule has 0 aromatic heterocycles. The van der Waals surface area contributed by atoms with Crippen LogP contribution in [0.1, 0.15) is 18.1 Å². The predicted octanol–water partition coefficient (Wildman–Crippen LogP) is 4.47. The highest BCUT2D eigenvalue weighted by atomic mass is 19.4. The van der Waals surface area contributed by atoms with Gasteiger partial charge in [-0.15, -0.1) is 0 Å². The van der Waals surface area contributed by atoms with Gasteiger partial charge in [-0.2, -0.15) is 13.2 Å². The quantitative estimate of drug-likeness (QED) is 0.754. The maximum absolute atomic E-state index is 12.3. The van der Waals surface area contributed by atoms with Crippen molar-refractivity contribution >= 4 is 17.3 Å². The van der Waals surface area contributed by atoms with Crippen LogP contribution < -0.4 is 10.6 Å². The molecule has 1 amide bonds. The minimum atomic E-state index is -4.91. The van der Waals surface area contributed by atoms with Crippen molar-refractivity contribution in [3.8, 4) is 0 Å². The van der Waals surface area contributed by atoms with Crippen LogP contribution in [0.4, 0.5) is 24.5 Å². The molecule has 0 fully saturated rings. The molecule has 0 heterocycles. The summed E-state index contributed by atoms with van der Waals surface area (Å²) in [6.07, 6.45) is -5.21. The van der Waals surface area contributed by atoms with E-state index in [4.69, 9.17) is 4.74 Å². The molecule has 2 aromatic carbocycles. The Bertz CT molecular complexity index is 718. The Morgan fingerprint density at radius 2 is 1.84 bits per heavy atom. The summed E-state index contributed by atoms with van der Waals surface area (Å²) < 4.78 is 42.5. The monoisotopic (exact) mass is 352 g/mol. The molecule has 0 saturated heterocycles. The van der Waals surface area contributed by atoms with Gasteiger partial charge in [-0.05, 0) is 43.2 Å². The van der Waals surface area contributed by atoms with Crippen LogP contribution in [0.25, 0.3) is 0 Å². The van der Waals surface area contributed by atoms with E-state index in [0.29, 0.717) is 17.9 Å². The van der Waals surface area contributed by atoms with Crippen LogP contribution in [0.3, 0.4) is 0 Å². The lowest BCUT2D eigenvalue weighted by Crippen LogP contribution is -2.30. The van der Waals surface area contributed by atoms with Crippen molar-refractivity contribution < 1.29 is 22.7 Å². The van der Waals surface area contributed by atoms with Crippen molar-refractivity contribution in [2.45, 2.75) is 32.9 Å². The number of ether oxygens (including phenoxy) is 1. The van der Waals surface area contributed by atoms with E-state index in [1.165, 1.54) is 12.1 Å². The van der Waals surface area contributed by atoms with Crippen LogP contribution in [-0.4, -0.2) is 18.3 Å². The first-order valence-electron chi connectivity index (χ1n) is 7.66. The zero-order chi connectivity index (χ0) is 18.4. The molecule has 0 bridgehead atoms. The molecule has 0 aliphatic heterocycles. The number of alkyl halides is 3. The fourth-order valence-electron chi connectivity index (χ4n) is 2.16. The molecule has 134 valence electrons. The highest BCUT2D eigenvalue weighted by molar-refractivity contribution is 5.95. The lowest BCUT2D eigenvalue weighted by molar-refractivity contribution is -0.167. The molecule has 0 spiro atoms. The number of carbonyl (C=O) groups is 1. The average molecular weight is 352 g/mol. The third-order valence-corrected chi connectivity index (χ3v) is 3.44. The van der Waals surface area contributed by atoms with Gasteiger partial charge in [-0.1, -0.05) is 30.3 Å². The number of halogens is 3. The highest BCUT2D eigenvalue weighted by Crippen LogP contribution is 2.23. The Hall–Kier alpha value is -2.54. The van der Waals surface area contributed by atoms with Crippen LogP contribution in [0, 0.1) is 6.92 Å². The van der Waals surface area contributed by atoms with Crippen LogP contribution in [0.5, 0.6) is 0 Å². The third-order valence-electron chi connectivity index (χ3n) is 3.44. The smallest absolute Gasteiger partial charge is 0.360 e. The second-order valence-electron chi connectivity index (χ2n) is 5.56. The summed E-state index contributed by atoms with van der Waals surface area (Å²) in [5.74, 6) is -1.99. The van der Waals surface area contributed by atoms with E-state index in [2.05, 4.69) is 5.32 Å². The minimum Gasteiger partial charge on any atom is -0.360 e. The maximum atomic E-state index is 12.3. The number of rotatable bonds is 6. The van der Waals surface area contributed by atoms with Gasteiger partial charge < -0.3 is 15.4 Å². The fraction of sp³-hybridized carbons (Fsp3) is 0.278. The Kier molecular flexibility index (Phi) is 6.03. The molecule has 1 atom stereocenters. The van der Waals surface area contributed by atoms with Crippen molar-refractivity contribution in [3.63, 3.8) is 0 Å². The molecule has 2 N–H and O–H groups in total. The number of hydrogen-bond donors (Lipinski definition) is 2. The van der Waals surface area contributed by atoms with Crippen molar-refractivity contribution in [3.05, 3.63) is 59.7 Å². The van der Waals surface area contributed by atoms with Gasteiger partial charge in [-0.25, -0.2) is 0 Å². The largest absolute Gasteiger partial charge is 0.471 e. The Morgan fingerprint density at radius 3 is 2.44 bits per heavy atom. The molecule has 4 nitrogen and oxygen atoms in total. The second-order valence-corrected chi connectivity index (χ2v) is 5.56. The van der Waals surface area contributed by atoms with E-state index in [0.717, 1.165) is 5.56 Å². The number of amides is 1. The maximum Gasteiger partial charge on any atom is 0.471 e. The highest BCUT2D eigenvalue weighted by Gasteiger charge is 2.38. The summed E-state index contributed by atoms with van der Waals surface area (Å²) in [7, 11) is 0. The topological polar surface area (TPSA) is 50.4 Å². The van der Waals surface area contributed by atoms with E-state index in [1.54, 1.807) is 13.0 Å². The van der Waals surface area contributed by atoms with Gasteiger partial charge in [-0.3, -0.25) is 4.79 Å². The number of anilines is 2. The van der Waals surface area contributed by atoms with Gasteiger partial charge in [0, 0.05) is 11.4 Å². The molecular weight excluding hydrogens is 333 g/mol. The van der Waals surface area contributed by atoms with E-state index in [-0.39, 0.29) is 11.9 Å². The summed E-state index contributed by atoms with van der Waals surface area (Å²) in [4.78, 5) is 11.0. The minimum absolute atomic E-state index is 0.0863. The van der Waals surface area contributed by atoms with Crippen molar-refractivity contribution in [1.29, 1.82) is 0 Å². The second kappa shape index (κ2) is 8.02. The normalized spacial score (nSPS) is 12.5. The molecule has 1 unspecified atom stereocenters. The predicted molar refractivity (Wildman–Crippen MR) is 90.2 cm³/mol. The zero-order valence-corrected chi connectivity index (χ0v) is 13.9. The SMILES string of the molecule is Cc1cc(NC(=O)C(F)(F)F)ccc1NC(C)OCc1ccccc1. The summed E-state index contributed by atoms with van der Waals surface area (Å²) >= 11 is 0. The summed E-state index contributed by atoms with van der Waals surface area (Å²) in [5, 5.41) is 4.96.